The zero-order valence-electron chi connectivity index (χ0n) is 11.4. The van der Waals surface area contributed by atoms with Crippen molar-refractivity contribution in [2.45, 2.75) is 38.4 Å². The van der Waals surface area contributed by atoms with E-state index in [1.165, 1.54) is 0 Å². The van der Waals surface area contributed by atoms with Crippen molar-refractivity contribution in [3.8, 4) is 0 Å². The quantitative estimate of drug-likeness (QED) is 0.860. The van der Waals surface area contributed by atoms with Crippen LogP contribution >= 0.6 is 0 Å². The molecule has 0 heterocycles. The molecule has 0 bridgehead atoms. The third kappa shape index (κ3) is 3.46. The summed E-state index contributed by atoms with van der Waals surface area (Å²) in [7, 11) is -3.28. The Morgan fingerprint density at radius 3 is 2.11 bits per heavy atom. The van der Waals surface area contributed by atoms with Gasteiger partial charge in [0, 0.05) is 17.6 Å². The van der Waals surface area contributed by atoms with E-state index < -0.39 is 15.3 Å². The number of sulfonamides is 1. The molecule has 0 aliphatic rings. The zero-order chi connectivity index (χ0) is 14.0. The van der Waals surface area contributed by atoms with Crippen molar-refractivity contribution >= 4 is 15.7 Å². The number of nitrogens with two attached hydrogens (primary N) is 1. The van der Waals surface area contributed by atoms with Gasteiger partial charge in [-0.05, 0) is 31.5 Å². The smallest absolute Gasteiger partial charge is 0.235 e. The molecule has 0 saturated carbocycles. The van der Waals surface area contributed by atoms with Gasteiger partial charge in [-0.15, -0.1) is 0 Å². The maximum atomic E-state index is 11.7. The Morgan fingerprint density at radius 2 is 1.72 bits per heavy atom. The highest BCUT2D eigenvalue weighted by Gasteiger charge is 2.19. The van der Waals surface area contributed by atoms with Crippen LogP contribution < -0.4 is 10.5 Å². The highest BCUT2D eigenvalue weighted by molar-refractivity contribution is 7.93. The van der Waals surface area contributed by atoms with E-state index >= 15 is 0 Å². The van der Waals surface area contributed by atoms with Crippen LogP contribution in [0.15, 0.2) is 24.3 Å². The second-order valence-corrected chi connectivity index (χ2v) is 7.60. The molecule has 0 aromatic heterocycles. The zero-order valence-corrected chi connectivity index (χ0v) is 12.2. The predicted molar refractivity (Wildman–Crippen MR) is 76.2 cm³/mol. The lowest BCUT2D eigenvalue weighted by molar-refractivity contribution is 0.539. The predicted octanol–water partition coefficient (Wildman–Crippen LogP) is 2.07. The van der Waals surface area contributed by atoms with Crippen molar-refractivity contribution in [2.75, 3.05) is 11.3 Å². The molecule has 3 N–H and O–H groups in total. The van der Waals surface area contributed by atoms with E-state index in [2.05, 4.69) is 18.6 Å². The fourth-order valence-electron chi connectivity index (χ4n) is 1.39. The molecule has 0 aliphatic carbocycles. The summed E-state index contributed by atoms with van der Waals surface area (Å²) >= 11 is 0. The number of benzene rings is 1. The Kier molecular flexibility index (Phi) is 4.40. The van der Waals surface area contributed by atoms with E-state index in [0.29, 0.717) is 12.2 Å². The van der Waals surface area contributed by atoms with E-state index in [1.807, 2.05) is 12.1 Å². The minimum atomic E-state index is -3.28. The van der Waals surface area contributed by atoms with Gasteiger partial charge in [0.2, 0.25) is 10.0 Å². The van der Waals surface area contributed by atoms with Crippen LogP contribution in [0.2, 0.25) is 0 Å². The molecular weight excluding hydrogens is 248 g/mol. The lowest BCUT2D eigenvalue weighted by Gasteiger charge is -2.23. The van der Waals surface area contributed by atoms with Crippen LogP contribution in [0.1, 0.15) is 33.3 Å². The molecule has 0 unspecified atom stereocenters. The average molecular weight is 270 g/mol. The lowest BCUT2D eigenvalue weighted by atomic mass is 9.85. The van der Waals surface area contributed by atoms with Gasteiger partial charge in [-0.2, -0.15) is 0 Å². The SMILES string of the molecule is CC(C)S(=O)(=O)Nc1ccc(C(C)(C)CN)cc1. The van der Waals surface area contributed by atoms with E-state index in [1.54, 1.807) is 26.0 Å². The van der Waals surface area contributed by atoms with Crippen molar-refractivity contribution in [2.24, 2.45) is 5.73 Å². The Morgan fingerprint density at radius 1 is 1.22 bits per heavy atom. The molecular formula is C13H22N2O2S. The minimum absolute atomic E-state index is 0.102. The summed E-state index contributed by atoms with van der Waals surface area (Å²) in [6.07, 6.45) is 0. The summed E-state index contributed by atoms with van der Waals surface area (Å²) in [6.45, 7) is 7.95. The highest BCUT2D eigenvalue weighted by atomic mass is 32.2. The molecule has 102 valence electrons. The van der Waals surface area contributed by atoms with Gasteiger partial charge in [0.05, 0.1) is 5.25 Å². The number of rotatable bonds is 5. The van der Waals surface area contributed by atoms with Crippen molar-refractivity contribution in [3.63, 3.8) is 0 Å². The molecule has 0 saturated heterocycles. The Hall–Kier alpha value is -1.07. The van der Waals surface area contributed by atoms with Gasteiger partial charge in [0.25, 0.3) is 0 Å². The summed E-state index contributed by atoms with van der Waals surface area (Å²) in [5.74, 6) is 0. The van der Waals surface area contributed by atoms with Gasteiger partial charge >= 0.3 is 0 Å². The Labute approximate surface area is 110 Å². The van der Waals surface area contributed by atoms with Crippen molar-refractivity contribution in [1.29, 1.82) is 0 Å². The van der Waals surface area contributed by atoms with Crippen LogP contribution in [0.25, 0.3) is 0 Å². The number of hydrogen-bond donors (Lipinski definition) is 2. The van der Waals surface area contributed by atoms with Crippen LogP contribution in [0, 0.1) is 0 Å². The van der Waals surface area contributed by atoms with Gasteiger partial charge in [0.15, 0.2) is 0 Å². The van der Waals surface area contributed by atoms with Crippen LogP contribution in [-0.2, 0) is 15.4 Å². The molecule has 18 heavy (non-hydrogen) atoms. The molecule has 0 fully saturated rings. The van der Waals surface area contributed by atoms with Gasteiger partial charge in [-0.1, -0.05) is 26.0 Å². The summed E-state index contributed by atoms with van der Waals surface area (Å²) in [5.41, 5.74) is 7.28. The van der Waals surface area contributed by atoms with E-state index in [0.717, 1.165) is 5.56 Å². The topological polar surface area (TPSA) is 72.2 Å². The van der Waals surface area contributed by atoms with Crippen LogP contribution in [0.5, 0.6) is 0 Å². The first-order valence-corrected chi connectivity index (χ1v) is 7.56. The van der Waals surface area contributed by atoms with E-state index in [9.17, 15) is 8.42 Å². The Balaban J connectivity index is 2.92. The third-order valence-electron chi connectivity index (χ3n) is 3.06. The molecule has 0 spiro atoms. The van der Waals surface area contributed by atoms with Crippen molar-refractivity contribution < 1.29 is 8.42 Å². The van der Waals surface area contributed by atoms with Gasteiger partial charge < -0.3 is 5.73 Å². The van der Waals surface area contributed by atoms with Gasteiger partial charge in [-0.3, -0.25) is 4.72 Å². The van der Waals surface area contributed by atoms with Crippen LogP contribution in [-0.4, -0.2) is 20.2 Å². The largest absolute Gasteiger partial charge is 0.330 e. The molecule has 0 atom stereocenters. The normalized spacial score (nSPS) is 12.8. The van der Waals surface area contributed by atoms with Crippen molar-refractivity contribution in [3.05, 3.63) is 29.8 Å². The summed E-state index contributed by atoms with van der Waals surface area (Å²) < 4.78 is 26.0. The monoisotopic (exact) mass is 270 g/mol. The second-order valence-electron chi connectivity index (χ2n) is 5.36. The van der Waals surface area contributed by atoms with Crippen LogP contribution in [0.4, 0.5) is 5.69 Å². The fraction of sp³-hybridized carbons (Fsp3) is 0.538. The average Bonchev–Trinajstić information content (AvgIpc) is 2.29. The molecule has 0 radical (unpaired) electrons. The second kappa shape index (κ2) is 5.28. The lowest BCUT2D eigenvalue weighted by Crippen LogP contribution is -2.28. The molecule has 0 amide bonds. The number of hydrogen-bond acceptors (Lipinski definition) is 3. The molecule has 5 heteroatoms. The molecule has 1 aromatic rings. The fourth-order valence-corrected chi connectivity index (χ4v) is 2.09. The van der Waals surface area contributed by atoms with Crippen LogP contribution in [0.3, 0.4) is 0 Å². The number of nitrogens with one attached hydrogen (secondary N) is 1. The maximum absolute atomic E-state index is 11.7. The highest BCUT2D eigenvalue weighted by Crippen LogP contribution is 2.23. The molecule has 4 nitrogen and oxygen atoms in total. The molecule has 1 aromatic carbocycles. The standard InChI is InChI=1S/C13H22N2O2S/c1-10(2)18(16,17)15-12-7-5-11(6-8-12)13(3,4)9-14/h5-8,10,15H,9,14H2,1-4H3. The first-order chi connectivity index (χ1) is 8.19. The van der Waals surface area contributed by atoms with Gasteiger partial charge in [0.1, 0.15) is 0 Å². The molecule has 0 aliphatic heterocycles. The summed E-state index contributed by atoms with van der Waals surface area (Å²) in [6, 6.07) is 7.36. The minimum Gasteiger partial charge on any atom is -0.330 e. The summed E-state index contributed by atoms with van der Waals surface area (Å²) in [4.78, 5) is 0. The summed E-state index contributed by atoms with van der Waals surface area (Å²) in [5, 5.41) is -0.447. The Bertz CT molecular complexity index is 490. The number of anilines is 1. The first-order valence-electron chi connectivity index (χ1n) is 6.01. The van der Waals surface area contributed by atoms with E-state index in [4.69, 9.17) is 5.73 Å². The molecule has 1 rings (SSSR count). The maximum Gasteiger partial charge on any atom is 0.235 e. The first kappa shape index (κ1) is 15.0. The van der Waals surface area contributed by atoms with Gasteiger partial charge in [-0.25, -0.2) is 8.42 Å². The van der Waals surface area contributed by atoms with Crippen molar-refractivity contribution in [1.82, 2.24) is 0 Å². The third-order valence-corrected chi connectivity index (χ3v) is 4.82. The van der Waals surface area contributed by atoms with E-state index in [-0.39, 0.29) is 5.41 Å².